The molecule has 5 nitrogen and oxygen atoms in total. The highest BCUT2D eigenvalue weighted by molar-refractivity contribution is 7.17. The van der Waals surface area contributed by atoms with E-state index < -0.39 is 5.97 Å². The largest absolute Gasteiger partial charge is 0.462 e. The van der Waals surface area contributed by atoms with Gasteiger partial charge in [0, 0.05) is 23.8 Å². The second-order valence-electron chi connectivity index (χ2n) is 6.77. The summed E-state index contributed by atoms with van der Waals surface area (Å²) >= 11 is 1.44. The quantitative estimate of drug-likeness (QED) is 0.418. The zero-order chi connectivity index (χ0) is 20.1. The molecule has 1 aromatic carbocycles. The van der Waals surface area contributed by atoms with Crippen LogP contribution in [0.3, 0.4) is 0 Å². The third-order valence-electron chi connectivity index (χ3n) is 4.61. The van der Waals surface area contributed by atoms with Gasteiger partial charge in [0.25, 0.3) is 0 Å². The average molecular weight is 403 g/mol. The van der Waals surface area contributed by atoms with Crippen LogP contribution in [0.4, 0.5) is 9.39 Å². The van der Waals surface area contributed by atoms with E-state index >= 15 is 0 Å². The molecule has 0 saturated carbocycles. The van der Waals surface area contributed by atoms with E-state index in [1.807, 2.05) is 0 Å². The molecule has 1 aliphatic carbocycles. The molecular weight excluding hydrogens is 381 g/mol. The summed E-state index contributed by atoms with van der Waals surface area (Å²) in [5, 5.41) is 3.29. The Bertz CT molecular complexity index is 889. The van der Waals surface area contributed by atoms with Crippen LogP contribution in [-0.2, 0) is 22.4 Å². The molecule has 0 unspecified atom stereocenters. The molecule has 7 heteroatoms. The Balaban J connectivity index is 1.59. The number of ether oxygens (including phenoxy) is 1. The third-order valence-corrected chi connectivity index (χ3v) is 5.82. The molecule has 148 valence electrons. The molecular formula is C21H22FNO4S. The first-order valence-electron chi connectivity index (χ1n) is 9.33. The Kier molecular flexibility index (Phi) is 6.57. The molecule has 1 aromatic heterocycles. The molecule has 0 saturated heterocycles. The van der Waals surface area contributed by atoms with E-state index in [4.69, 9.17) is 4.74 Å². The van der Waals surface area contributed by atoms with Crippen molar-refractivity contribution >= 4 is 34.0 Å². The van der Waals surface area contributed by atoms with Crippen LogP contribution >= 0.6 is 11.3 Å². The van der Waals surface area contributed by atoms with Crippen LogP contribution in [0.2, 0.25) is 0 Å². The van der Waals surface area contributed by atoms with Crippen molar-refractivity contribution in [2.45, 2.75) is 45.4 Å². The highest BCUT2D eigenvalue weighted by atomic mass is 32.1. The number of hydrogen-bond acceptors (Lipinski definition) is 5. The molecule has 1 aliphatic rings. The molecule has 3 rings (SSSR count). The van der Waals surface area contributed by atoms with Gasteiger partial charge in [-0.25, -0.2) is 9.18 Å². The predicted molar refractivity (Wildman–Crippen MR) is 106 cm³/mol. The summed E-state index contributed by atoms with van der Waals surface area (Å²) in [6.07, 6.45) is 4.39. The van der Waals surface area contributed by atoms with Crippen LogP contribution < -0.4 is 5.32 Å². The first kappa shape index (κ1) is 20.2. The summed E-state index contributed by atoms with van der Waals surface area (Å²) < 4.78 is 18.3. The van der Waals surface area contributed by atoms with E-state index in [9.17, 15) is 18.8 Å². The number of carbonyl (C=O) groups is 3. The number of Topliss-reactive ketones (excluding diaryl/α,β-unsaturated/α-hetero) is 1. The van der Waals surface area contributed by atoms with Crippen molar-refractivity contribution < 1.29 is 23.5 Å². The van der Waals surface area contributed by atoms with Gasteiger partial charge in [0.05, 0.1) is 12.2 Å². The van der Waals surface area contributed by atoms with E-state index in [0.717, 1.165) is 36.1 Å². The number of amides is 1. The second-order valence-corrected chi connectivity index (χ2v) is 7.87. The van der Waals surface area contributed by atoms with E-state index in [2.05, 4.69) is 5.32 Å². The second kappa shape index (κ2) is 9.10. The van der Waals surface area contributed by atoms with Gasteiger partial charge in [0.2, 0.25) is 5.91 Å². The number of hydrogen-bond donors (Lipinski definition) is 1. The number of esters is 1. The maximum atomic E-state index is 12.9. The summed E-state index contributed by atoms with van der Waals surface area (Å²) in [5.41, 5.74) is 1.87. The fraction of sp³-hybridized carbons (Fsp3) is 0.381. The van der Waals surface area contributed by atoms with Crippen LogP contribution in [0.1, 0.15) is 63.8 Å². The standard InChI is InChI=1S/C21H22FNO4S/c1-13(24)23-20-19(16-5-2-3-7-18(16)28-20)21(26)27-12-4-6-17(25)14-8-10-15(22)11-9-14/h8-11H,2-7,12H2,1H3,(H,23,24). The molecule has 2 aromatic rings. The van der Waals surface area contributed by atoms with Crippen molar-refractivity contribution in [3.63, 3.8) is 0 Å². The minimum absolute atomic E-state index is 0.107. The number of carbonyl (C=O) groups excluding carboxylic acids is 3. The van der Waals surface area contributed by atoms with E-state index in [0.29, 0.717) is 22.5 Å². The molecule has 1 amide bonds. The molecule has 1 N–H and O–H groups in total. The van der Waals surface area contributed by atoms with Crippen LogP contribution in [0.5, 0.6) is 0 Å². The van der Waals surface area contributed by atoms with Crippen LogP contribution in [0.15, 0.2) is 24.3 Å². The monoisotopic (exact) mass is 403 g/mol. The summed E-state index contributed by atoms with van der Waals surface area (Å²) in [5.74, 6) is -1.20. The molecule has 0 spiro atoms. The Labute approximate surface area is 166 Å². The summed E-state index contributed by atoms with van der Waals surface area (Å²) in [4.78, 5) is 37.3. The van der Waals surface area contributed by atoms with Crippen LogP contribution in [0, 0.1) is 5.82 Å². The first-order valence-corrected chi connectivity index (χ1v) is 10.2. The minimum atomic E-state index is -0.461. The Morgan fingerprint density at radius 2 is 1.86 bits per heavy atom. The number of anilines is 1. The maximum absolute atomic E-state index is 12.9. The number of aryl methyl sites for hydroxylation is 1. The first-order chi connectivity index (χ1) is 13.5. The Morgan fingerprint density at radius 1 is 1.14 bits per heavy atom. The van der Waals surface area contributed by atoms with Gasteiger partial charge < -0.3 is 10.1 Å². The zero-order valence-electron chi connectivity index (χ0n) is 15.7. The molecule has 0 bridgehead atoms. The van der Waals surface area contributed by atoms with Crippen molar-refractivity contribution in [2.24, 2.45) is 0 Å². The molecule has 0 fully saturated rings. The topological polar surface area (TPSA) is 72.5 Å². The van der Waals surface area contributed by atoms with Crippen molar-refractivity contribution in [1.29, 1.82) is 0 Å². The highest BCUT2D eigenvalue weighted by Crippen LogP contribution is 2.38. The van der Waals surface area contributed by atoms with Crippen LogP contribution in [0.25, 0.3) is 0 Å². The third kappa shape index (κ3) is 4.84. The van der Waals surface area contributed by atoms with Gasteiger partial charge >= 0.3 is 5.97 Å². The zero-order valence-corrected chi connectivity index (χ0v) is 16.5. The molecule has 0 atom stereocenters. The molecule has 28 heavy (non-hydrogen) atoms. The van der Waals surface area contributed by atoms with Gasteiger partial charge in [0.15, 0.2) is 5.78 Å². The SMILES string of the molecule is CC(=O)Nc1sc2c(c1C(=O)OCCCC(=O)c1ccc(F)cc1)CCCC2. The minimum Gasteiger partial charge on any atom is -0.462 e. The van der Waals surface area contributed by atoms with Gasteiger partial charge in [-0.05, 0) is 61.9 Å². The average Bonchev–Trinajstić information content (AvgIpc) is 3.02. The van der Waals surface area contributed by atoms with Gasteiger partial charge in [0.1, 0.15) is 10.8 Å². The molecule has 0 aliphatic heterocycles. The van der Waals surface area contributed by atoms with E-state index in [1.54, 1.807) is 0 Å². The van der Waals surface area contributed by atoms with Crippen LogP contribution in [-0.4, -0.2) is 24.3 Å². The number of benzene rings is 1. The Morgan fingerprint density at radius 3 is 2.57 bits per heavy atom. The van der Waals surface area contributed by atoms with Gasteiger partial charge in [-0.1, -0.05) is 0 Å². The summed E-state index contributed by atoms with van der Waals surface area (Å²) in [6, 6.07) is 5.38. The summed E-state index contributed by atoms with van der Waals surface area (Å²) in [6.45, 7) is 1.52. The van der Waals surface area contributed by atoms with E-state index in [1.165, 1.54) is 42.5 Å². The lowest BCUT2D eigenvalue weighted by Crippen LogP contribution is -2.14. The lowest BCUT2D eigenvalue weighted by atomic mass is 9.95. The number of rotatable bonds is 7. The lowest BCUT2D eigenvalue weighted by molar-refractivity contribution is -0.114. The number of thiophene rings is 1. The number of halogens is 1. The van der Waals surface area contributed by atoms with Crippen molar-refractivity contribution in [3.8, 4) is 0 Å². The number of fused-ring (bicyclic) bond motifs is 1. The molecule has 0 radical (unpaired) electrons. The number of ketones is 1. The van der Waals surface area contributed by atoms with Gasteiger partial charge in [-0.15, -0.1) is 11.3 Å². The smallest absolute Gasteiger partial charge is 0.341 e. The van der Waals surface area contributed by atoms with Crippen molar-refractivity contribution in [3.05, 3.63) is 51.7 Å². The van der Waals surface area contributed by atoms with Gasteiger partial charge in [-0.2, -0.15) is 0 Å². The fourth-order valence-electron chi connectivity index (χ4n) is 3.28. The number of nitrogens with one attached hydrogen (secondary N) is 1. The van der Waals surface area contributed by atoms with E-state index in [-0.39, 0.29) is 30.5 Å². The maximum Gasteiger partial charge on any atom is 0.341 e. The van der Waals surface area contributed by atoms with Crippen molar-refractivity contribution in [1.82, 2.24) is 0 Å². The van der Waals surface area contributed by atoms with Crippen molar-refractivity contribution in [2.75, 3.05) is 11.9 Å². The van der Waals surface area contributed by atoms with Gasteiger partial charge in [-0.3, -0.25) is 9.59 Å². The summed E-state index contributed by atoms with van der Waals surface area (Å²) in [7, 11) is 0. The fourth-order valence-corrected chi connectivity index (χ4v) is 4.60. The predicted octanol–water partition coefficient (Wildman–Crippen LogP) is 4.54. The highest BCUT2D eigenvalue weighted by Gasteiger charge is 2.26. The molecule has 1 heterocycles. The lowest BCUT2D eigenvalue weighted by Gasteiger charge is -2.12. The Hall–Kier alpha value is -2.54. The normalized spacial score (nSPS) is 12.9.